The van der Waals surface area contributed by atoms with Crippen molar-refractivity contribution in [1.82, 2.24) is 5.32 Å². The first kappa shape index (κ1) is 15.0. The molecule has 0 aliphatic heterocycles. The fourth-order valence-electron chi connectivity index (χ4n) is 1.88. The normalized spacial score (nSPS) is 12.4. The van der Waals surface area contributed by atoms with Gasteiger partial charge in [-0.2, -0.15) is 0 Å². The molecule has 1 atom stereocenters. The molecule has 0 saturated heterocycles. The molecule has 0 aromatic heterocycles. The van der Waals surface area contributed by atoms with Crippen molar-refractivity contribution in [3.8, 4) is 5.75 Å². The van der Waals surface area contributed by atoms with Crippen molar-refractivity contribution < 1.29 is 9.47 Å². The van der Waals surface area contributed by atoms with Gasteiger partial charge in [-0.25, -0.2) is 0 Å². The van der Waals surface area contributed by atoms with Crippen molar-refractivity contribution in [2.24, 2.45) is 0 Å². The lowest BCUT2D eigenvalue weighted by atomic mass is 10.1. The maximum absolute atomic E-state index is 5.95. The molecule has 0 aliphatic carbocycles. The first-order valence-corrected chi connectivity index (χ1v) is 6.72. The molecule has 0 bridgehead atoms. The van der Waals surface area contributed by atoms with E-state index in [1.165, 1.54) is 18.4 Å². The van der Waals surface area contributed by atoms with E-state index in [1.54, 1.807) is 7.11 Å². The van der Waals surface area contributed by atoms with Crippen molar-refractivity contribution in [2.45, 2.75) is 32.3 Å². The van der Waals surface area contributed by atoms with E-state index >= 15 is 0 Å². The predicted octanol–water partition coefficient (Wildman–Crippen LogP) is 3.16. The van der Waals surface area contributed by atoms with Gasteiger partial charge in [-0.05, 0) is 31.2 Å². The van der Waals surface area contributed by atoms with Gasteiger partial charge in [0.2, 0.25) is 0 Å². The van der Waals surface area contributed by atoms with Crippen LogP contribution >= 0.6 is 0 Å². The van der Waals surface area contributed by atoms with Crippen molar-refractivity contribution in [1.29, 1.82) is 0 Å². The molecule has 0 aliphatic rings. The molecular formula is C15H25NO2. The van der Waals surface area contributed by atoms with E-state index in [4.69, 9.17) is 9.47 Å². The summed E-state index contributed by atoms with van der Waals surface area (Å²) in [5.41, 5.74) is 1.17. The molecule has 1 N–H and O–H groups in total. The highest BCUT2D eigenvalue weighted by Gasteiger charge is 2.11. The number of methoxy groups -OCH3 is 1. The highest BCUT2D eigenvalue weighted by molar-refractivity contribution is 5.30. The summed E-state index contributed by atoms with van der Waals surface area (Å²) in [6.45, 7) is 3.84. The molecule has 1 aromatic carbocycles. The van der Waals surface area contributed by atoms with E-state index in [2.05, 4.69) is 18.3 Å². The predicted molar refractivity (Wildman–Crippen MR) is 75.1 cm³/mol. The number of rotatable bonds is 9. The van der Waals surface area contributed by atoms with Crippen LogP contribution in [-0.4, -0.2) is 27.3 Å². The first-order chi connectivity index (χ1) is 8.81. The Balaban J connectivity index is 2.58. The Bertz CT molecular complexity index is 328. The van der Waals surface area contributed by atoms with Crippen molar-refractivity contribution in [3.05, 3.63) is 29.8 Å². The van der Waals surface area contributed by atoms with E-state index in [0.29, 0.717) is 0 Å². The van der Waals surface area contributed by atoms with Gasteiger partial charge in [0.25, 0.3) is 0 Å². The molecule has 0 saturated carbocycles. The number of hydrogen-bond donors (Lipinski definition) is 1. The maximum atomic E-state index is 5.95. The van der Waals surface area contributed by atoms with Crippen LogP contribution in [0.25, 0.3) is 0 Å². The zero-order chi connectivity index (χ0) is 13.2. The number of likely N-dealkylation sites (N-methyl/N-ethyl adjacent to an activating group) is 1. The van der Waals surface area contributed by atoms with Gasteiger partial charge in [0.15, 0.2) is 0 Å². The Morgan fingerprint density at radius 2 is 2.11 bits per heavy atom. The van der Waals surface area contributed by atoms with E-state index in [0.717, 1.165) is 25.3 Å². The molecule has 0 radical (unpaired) electrons. The molecule has 102 valence electrons. The fourth-order valence-corrected chi connectivity index (χ4v) is 1.88. The van der Waals surface area contributed by atoms with Crippen LogP contribution in [0, 0.1) is 0 Å². The lowest BCUT2D eigenvalue weighted by Gasteiger charge is -2.18. The number of nitrogens with one attached hydrogen (secondary N) is 1. The average Bonchev–Trinajstić information content (AvgIpc) is 2.42. The Morgan fingerprint density at radius 1 is 1.28 bits per heavy atom. The molecule has 3 heteroatoms. The molecule has 0 heterocycles. The minimum Gasteiger partial charge on any atom is -0.497 e. The zero-order valence-corrected chi connectivity index (χ0v) is 11.7. The summed E-state index contributed by atoms with van der Waals surface area (Å²) in [7, 11) is 3.64. The molecule has 1 rings (SSSR count). The summed E-state index contributed by atoms with van der Waals surface area (Å²) in [5, 5.41) is 3.18. The lowest BCUT2D eigenvalue weighted by molar-refractivity contribution is 0.0512. The number of hydrogen-bond acceptors (Lipinski definition) is 3. The van der Waals surface area contributed by atoms with Gasteiger partial charge in [0.05, 0.1) is 13.2 Å². The fraction of sp³-hybridized carbons (Fsp3) is 0.600. The molecule has 3 nitrogen and oxygen atoms in total. The summed E-state index contributed by atoms with van der Waals surface area (Å²) in [4.78, 5) is 0. The highest BCUT2D eigenvalue weighted by Crippen LogP contribution is 2.21. The van der Waals surface area contributed by atoms with Crippen molar-refractivity contribution in [3.63, 3.8) is 0 Å². The van der Waals surface area contributed by atoms with Crippen LogP contribution in [-0.2, 0) is 4.74 Å². The van der Waals surface area contributed by atoms with Crippen LogP contribution < -0.4 is 10.1 Å². The summed E-state index contributed by atoms with van der Waals surface area (Å²) in [6.07, 6.45) is 3.67. The first-order valence-electron chi connectivity index (χ1n) is 6.72. The van der Waals surface area contributed by atoms with E-state index in [1.807, 2.05) is 25.2 Å². The zero-order valence-electron chi connectivity index (χ0n) is 11.7. The Morgan fingerprint density at radius 3 is 2.78 bits per heavy atom. The molecule has 1 aromatic rings. The minimum absolute atomic E-state index is 0.0990. The standard InChI is InChI=1S/C15H25NO2/c1-4-5-6-10-18-15(12-16-2)13-8-7-9-14(11-13)17-3/h7-9,11,15-16H,4-6,10,12H2,1-3H3. The molecular weight excluding hydrogens is 226 g/mol. The molecule has 0 amide bonds. The van der Waals surface area contributed by atoms with Gasteiger partial charge in [0, 0.05) is 13.2 Å². The van der Waals surface area contributed by atoms with Crippen molar-refractivity contribution in [2.75, 3.05) is 27.3 Å². The second-order valence-corrected chi connectivity index (χ2v) is 4.40. The SMILES string of the molecule is CCCCCOC(CNC)c1cccc(OC)c1. The third-order valence-electron chi connectivity index (χ3n) is 2.92. The van der Waals surface area contributed by atoms with Gasteiger partial charge in [-0.3, -0.25) is 0 Å². The van der Waals surface area contributed by atoms with Crippen LogP contribution in [0.5, 0.6) is 5.75 Å². The maximum Gasteiger partial charge on any atom is 0.119 e. The number of ether oxygens (including phenoxy) is 2. The van der Waals surface area contributed by atoms with E-state index < -0.39 is 0 Å². The highest BCUT2D eigenvalue weighted by atomic mass is 16.5. The second kappa shape index (κ2) is 8.95. The van der Waals surface area contributed by atoms with Crippen LogP contribution in [0.3, 0.4) is 0 Å². The summed E-state index contributed by atoms with van der Waals surface area (Å²) >= 11 is 0. The van der Waals surface area contributed by atoms with Gasteiger partial charge in [-0.15, -0.1) is 0 Å². The van der Waals surface area contributed by atoms with Gasteiger partial charge in [0.1, 0.15) is 5.75 Å². The molecule has 0 spiro atoms. The summed E-state index contributed by atoms with van der Waals surface area (Å²) in [6, 6.07) is 8.09. The Labute approximate surface area is 110 Å². The van der Waals surface area contributed by atoms with Crippen molar-refractivity contribution >= 4 is 0 Å². The summed E-state index contributed by atoms with van der Waals surface area (Å²) < 4.78 is 11.2. The molecule has 18 heavy (non-hydrogen) atoms. The second-order valence-electron chi connectivity index (χ2n) is 4.40. The van der Waals surface area contributed by atoms with Crippen LogP contribution in [0.15, 0.2) is 24.3 Å². The van der Waals surface area contributed by atoms with E-state index in [9.17, 15) is 0 Å². The molecule has 1 unspecified atom stereocenters. The Kier molecular flexibility index (Phi) is 7.46. The van der Waals surface area contributed by atoms with Gasteiger partial charge in [-0.1, -0.05) is 31.9 Å². The average molecular weight is 251 g/mol. The summed E-state index contributed by atoms with van der Waals surface area (Å²) in [5.74, 6) is 0.880. The minimum atomic E-state index is 0.0990. The smallest absolute Gasteiger partial charge is 0.119 e. The van der Waals surface area contributed by atoms with Crippen LogP contribution in [0.2, 0.25) is 0 Å². The quantitative estimate of drug-likeness (QED) is 0.684. The van der Waals surface area contributed by atoms with Gasteiger partial charge >= 0.3 is 0 Å². The lowest BCUT2D eigenvalue weighted by Crippen LogP contribution is -2.20. The van der Waals surface area contributed by atoms with Gasteiger partial charge < -0.3 is 14.8 Å². The van der Waals surface area contributed by atoms with Crippen LogP contribution in [0.1, 0.15) is 37.9 Å². The van der Waals surface area contributed by atoms with E-state index in [-0.39, 0.29) is 6.10 Å². The number of benzene rings is 1. The third-order valence-corrected chi connectivity index (χ3v) is 2.92. The number of unbranched alkanes of at least 4 members (excludes halogenated alkanes) is 2. The van der Waals surface area contributed by atoms with Crippen LogP contribution in [0.4, 0.5) is 0 Å². The Hall–Kier alpha value is -1.06. The molecule has 0 fully saturated rings. The topological polar surface area (TPSA) is 30.5 Å². The monoisotopic (exact) mass is 251 g/mol. The third kappa shape index (κ3) is 5.07. The largest absolute Gasteiger partial charge is 0.497 e.